The van der Waals surface area contributed by atoms with Crippen LogP contribution in [0.5, 0.6) is 0 Å². The first-order valence-corrected chi connectivity index (χ1v) is 11.3. The highest BCUT2D eigenvalue weighted by Crippen LogP contribution is 2.44. The van der Waals surface area contributed by atoms with Gasteiger partial charge in [0.05, 0.1) is 23.0 Å². The van der Waals surface area contributed by atoms with Gasteiger partial charge in [0.2, 0.25) is 12.2 Å². The molecule has 0 saturated heterocycles. The Hall–Kier alpha value is -4.05. The molecule has 10 heteroatoms. The van der Waals surface area contributed by atoms with Crippen molar-refractivity contribution in [3.8, 4) is 22.5 Å². The van der Waals surface area contributed by atoms with Crippen molar-refractivity contribution in [2.45, 2.75) is 6.92 Å². The molecule has 0 amide bonds. The number of rotatable bonds is 5. The van der Waals surface area contributed by atoms with E-state index in [1.54, 1.807) is 12.1 Å². The smallest absolute Gasteiger partial charge is 0.343 e. The minimum atomic E-state index is -0.757. The van der Waals surface area contributed by atoms with Crippen LogP contribution in [-0.4, -0.2) is 46.9 Å². The van der Waals surface area contributed by atoms with E-state index in [1.165, 1.54) is 6.92 Å². The molecular weight excluding hydrogens is 540 g/mol. The molecule has 2 aromatic rings. The average molecular weight is 569 g/mol. The van der Waals surface area contributed by atoms with E-state index in [0.717, 1.165) is 27.6 Å². The van der Waals surface area contributed by atoms with Gasteiger partial charge < -0.3 is 47.2 Å². The van der Waals surface area contributed by atoms with Crippen LogP contribution in [0.3, 0.4) is 0 Å². The Kier molecular flexibility index (Phi) is 8.12. The molecule has 0 unspecified atom stereocenters. The predicted molar refractivity (Wildman–Crippen MR) is 141 cm³/mol. The van der Waals surface area contributed by atoms with E-state index in [4.69, 9.17) is 25.4 Å². The van der Waals surface area contributed by atoms with Crippen LogP contribution in [-0.2, 0) is 14.3 Å². The average Bonchev–Trinajstić information content (AvgIpc) is 2.83. The van der Waals surface area contributed by atoms with Crippen molar-refractivity contribution in [3.63, 3.8) is 0 Å². The second kappa shape index (κ2) is 10.9. The van der Waals surface area contributed by atoms with Gasteiger partial charge in [-0.2, -0.15) is 0 Å². The summed E-state index contributed by atoms with van der Waals surface area (Å²) in [6.07, 6.45) is 0. The van der Waals surface area contributed by atoms with Crippen LogP contribution in [0.2, 0.25) is 0 Å². The molecule has 2 aliphatic rings. The quantitative estimate of drug-likeness (QED) is 0.115. The molecule has 0 atom stereocenters. The molecule has 0 saturated carbocycles. The lowest BCUT2D eigenvalue weighted by molar-refractivity contribution is -0.149. The summed E-state index contributed by atoms with van der Waals surface area (Å²) in [5.41, 5.74) is 16.4. The largest absolute Gasteiger partial charge is 1.00 e. The van der Waals surface area contributed by atoms with Crippen molar-refractivity contribution < 1.29 is 40.5 Å². The van der Waals surface area contributed by atoms with E-state index in [0.29, 0.717) is 16.9 Å². The summed E-state index contributed by atoms with van der Waals surface area (Å²) in [5.74, 6) is -0.694. The SMILES string of the molecule is CC(=O)OCOC(=O)c1c(-c2c3ccc(=[N+](C)C)cc-3oc3cc(N(C)C)ccc23)ccc(N)c1N.[Br-]. The maximum absolute atomic E-state index is 13.2. The van der Waals surface area contributed by atoms with E-state index in [9.17, 15) is 9.59 Å². The molecule has 0 aromatic heterocycles. The van der Waals surface area contributed by atoms with Gasteiger partial charge in [-0.1, -0.05) is 6.07 Å². The van der Waals surface area contributed by atoms with Gasteiger partial charge in [-0.3, -0.25) is 4.79 Å². The van der Waals surface area contributed by atoms with Crippen LogP contribution in [0.4, 0.5) is 17.1 Å². The van der Waals surface area contributed by atoms with Crippen LogP contribution < -0.4 is 43.3 Å². The van der Waals surface area contributed by atoms with E-state index in [-0.39, 0.29) is 33.9 Å². The first-order chi connectivity index (χ1) is 17.1. The van der Waals surface area contributed by atoms with Gasteiger partial charge in [-0.05, 0) is 29.8 Å². The Labute approximate surface area is 225 Å². The summed E-state index contributed by atoms with van der Waals surface area (Å²) >= 11 is 0. The first kappa shape index (κ1) is 27.5. The lowest BCUT2D eigenvalue weighted by Gasteiger charge is -2.20. The van der Waals surface area contributed by atoms with Gasteiger partial charge >= 0.3 is 11.9 Å². The van der Waals surface area contributed by atoms with Crippen LogP contribution in [0.1, 0.15) is 17.3 Å². The van der Waals surface area contributed by atoms with E-state index in [2.05, 4.69) is 0 Å². The molecule has 1 aliphatic carbocycles. The van der Waals surface area contributed by atoms with Gasteiger partial charge in [0.25, 0.3) is 0 Å². The molecule has 37 heavy (non-hydrogen) atoms. The molecular formula is C27H29BrN4O5. The second-order valence-electron chi connectivity index (χ2n) is 8.80. The monoisotopic (exact) mass is 568 g/mol. The third-order valence-electron chi connectivity index (χ3n) is 5.93. The molecule has 1 aliphatic heterocycles. The summed E-state index contributed by atoms with van der Waals surface area (Å²) in [7, 11) is 7.80. The number of benzene rings is 3. The Morgan fingerprint density at radius 1 is 0.973 bits per heavy atom. The molecule has 0 bridgehead atoms. The Balaban J connectivity index is 0.00000380. The number of esters is 2. The van der Waals surface area contributed by atoms with Gasteiger partial charge in [-0.15, -0.1) is 0 Å². The summed E-state index contributed by atoms with van der Waals surface area (Å²) in [6, 6.07) is 15.1. The summed E-state index contributed by atoms with van der Waals surface area (Å²) < 4.78 is 18.3. The molecule has 4 rings (SSSR count). The van der Waals surface area contributed by atoms with Crippen molar-refractivity contribution in [1.29, 1.82) is 0 Å². The summed E-state index contributed by atoms with van der Waals surface area (Å²) in [5, 5.41) is 1.74. The highest BCUT2D eigenvalue weighted by atomic mass is 79.9. The number of carbonyl (C=O) groups excluding carboxylic acids is 2. The number of fused-ring (bicyclic) bond motifs is 2. The molecule has 1 heterocycles. The molecule has 0 fully saturated rings. The fraction of sp³-hybridized carbons (Fsp3) is 0.222. The van der Waals surface area contributed by atoms with Crippen LogP contribution in [0, 0.1) is 0 Å². The lowest BCUT2D eigenvalue weighted by atomic mass is 9.89. The van der Waals surface area contributed by atoms with Gasteiger partial charge in [0, 0.05) is 55.4 Å². The number of anilines is 3. The highest BCUT2D eigenvalue weighted by molar-refractivity contribution is 6.11. The zero-order valence-corrected chi connectivity index (χ0v) is 22.9. The van der Waals surface area contributed by atoms with E-state index >= 15 is 0 Å². The third kappa shape index (κ3) is 5.39. The number of ether oxygens (including phenoxy) is 2. The highest BCUT2D eigenvalue weighted by Gasteiger charge is 2.26. The molecule has 2 aromatic carbocycles. The van der Waals surface area contributed by atoms with Gasteiger partial charge in [0.15, 0.2) is 0 Å². The number of nitrogens with zero attached hydrogens (tertiary/aromatic N) is 2. The molecule has 194 valence electrons. The van der Waals surface area contributed by atoms with Crippen molar-refractivity contribution in [2.75, 3.05) is 51.4 Å². The molecule has 9 nitrogen and oxygen atoms in total. The third-order valence-corrected chi connectivity index (χ3v) is 5.93. The van der Waals surface area contributed by atoms with Crippen molar-refractivity contribution in [1.82, 2.24) is 4.58 Å². The maximum atomic E-state index is 13.2. The second-order valence-corrected chi connectivity index (χ2v) is 8.80. The number of hydrogen-bond acceptors (Lipinski definition) is 8. The van der Waals surface area contributed by atoms with Crippen LogP contribution in [0.15, 0.2) is 52.9 Å². The van der Waals surface area contributed by atoms with E-state index < -0.39 is 18.7 Å². The fourth-order valence-electron chi connectivity index (χ4n) is 4.02. The fourth-order valence-corrected chi connectivity index (χ4v) is 4.02. The zero-order chi connectivity index (χ0) is 26.1. The summed E-state index contributed by atoms with van der Waals surface area (Å²) in [6.45, 7) is 0.690. The predicted octanol–water partition coefficient (Wildman–Crippen LogP) is 0.148. The number of nitrogens with two attached hydrogens (primary N) is 2. The van der Waals surface area contributed by atoms with Crippen molar-refractivity contribution >= 4 is 40.0 Å². The molecule has 4 N–H and O–H groups in total. The number of hydrogen-bond donors (Lipinski definition) is 2. The Morgan fingerprint density at radius 2 is 1.68 bits per heavy atom. The minimum Gasteiger partial charge on any atom is -1.00 e. The lowest BCUT2D eigenvalue weighted by Crippen LogP contribution is -3.00. The Bertz CT molecular complexity index is 1540. The normalized spacial score (nSPS) is 10.6. The van der Waals surface area contributed by atoms with Crippen LogP contribution >= 0.6 is 0 Å². The standard InChI is InChI=1S/C27H28N4O5.BrH/c1-15(32)34-14-35-27(33)25-20(10-11-21(28)26(25)29)24-18-8-6-16(30(2)3)12-22(18)36-23-13-17(31(4)5)7-9-19(23)24;/h6-13,28H,14H2,1-5H3,(H2,29,33);1H. The number of halogens is 1. The minimum absolute atomic E-state index is 0. The zero-order valence-electron chi connectivity index (χ0n) is 21.3. The van der Waals surface area contributed by atoms with Gasteiger partial charge in [0.1, 0.15) is 25.4 Å². The van der Waals surface area contributed by atoms with Crippen LogP contribution in [0.25, 0.3) is 33.4 Å². The molecule has 0 radical (unpaired) electrons. The number of carbonyl (C=O) groups is 2. The molecule has 0 spiro atoms. The Morgan fingerprint density at radius 3 is 2.32 bits per heavy atom. The first-order valence-electron chi connectivity index (χ1n) is 11.3. The number of nitrogen functional groups attached to an aromatic ring is 2. The van der Waals surface area contributed by atoms with E-state index in [1.807, 2.05) is 74.1 Å². The summed E-state index contributed by atoms with van der Waals surface area (Å²) in [4.78, 5) is 26.3. The van der Waals surface area contributed by atoms with Gasteiger partial charge in [-0.25, -0.2) is 9.37 Å². The van der Waals surface area contributed by atoms with Crippen molar-refractivity contribution in [3.05, 3.63) is 59.5 Å². The topological polar surface area (TPSA) is 124 Å². The maximum Gasteiger partial charge on any atom is 0.343 e. The van der Waals surface area contributed by atoms with Crippen molar-refractivity contribution in [2.24, 2.45) is 0 Å².